The lowest BCUT2D eigenvalue weighted by atomic mass is 10.0. The van der Waals surface area contributed by atoms with E-state index in [9.17, 15) is 5.11 Å². The Bertz CT molecular complexity index is 656. The van der Waals surface area contributed by atoms with Gasteiger partial charge in [-0.3, -0.25) is 9.88 Å². The molecule has 0 aliphatic heterocycles. The molecule has 0 radical (unpaired) electrons. The second-order valence-corrected chi connectivity index (χ2v) is 7.60. The first-order valence-corrected chi connectivity index (χ1v) is 9.07. The van der Waals surface area contributed by atoms with E-state index in [4.69, 9.17) is 0 Å². The van der Waals surface area contributed by atoms with Crippen LogP contribution in [0, 0.1) is 11.8 Å². The van der Waals surface area contributed by atoms with Crippen molar-refractivity contribution < 1.29 is 5.11 Å². The summed E-state index contributed by atoms with van der Waals surface area (Å²) >= 11 is 0. The average Bonchev–Trinajstić information content (AvgIpc) is 3.14. The minimum atomic E-state index is -0.0367. The first kappa shape index (κ1) is 15.8. The Morgan fingerprint density at radius 2 is 1.71 bits per heavy atom. The van der Waals surface area contributed by atoms with Crippen molar-refractivity contribution in [3.8, 4) is 11.3 Å². The maximum atomic E-state index is 9.80. The predicted molar refractivity (Wildman–Crippen MR) is 96.4 cm³/mol. The molecule has 3 heteroatoms. The minimum absolute atomic E-state index is 0.0367. The monoisotopic (exact) mass is 322 g/mol. The highest BCUT2D eigenvalue weighted by molar-refractivity contribution is 5.58. The van der Waals surface area contributed by atoms with Crippen LogP contribution in [0.15, 0.2) is 48.7 Å². The second kappa shape index (κ2) is 6.66. The van der Waals surface area contributed by atoms with E-state index in [1.165, 1.54) is 24.0 Å². The van der Waals surface area contributed by atoms with Crippen molar-refractivity contribution in [3.63, 3.8) is 0 Å². The first-order chi connectivity index (χ1) is 11.7. The summed E-state index contributed by atoms with van der Waals surface area (Å²) in [7, 11) is 2.24. The molecule has 0 amide bonds. The van der Waals surface area contributed by atoms with Gasteiger partial charge in [0.05, 0.1) is 11.8 Å². The van der Waals surface area contributed by atoms with E-state index in [2.05, 4.69) is 41.2 Å². The summed E-state index contributed by atoms with van der Waals surface area (Å²) in [5, 5.41) is 9.80. The van der Waals surface area contributed by atoms with Crippen LogP contribution in [0.3, 0.4) is 0 Å². The van der Waals surface area contributed by atoms with E-state index in [-0.39, 0.29) is 6.10 Å². The molecule has 0 saturated heterocycles. The molecule has 2 fully saturated rings. The van der Waals surface area contributed by atoms with Gasteiger partial charge in [0, 0.05) is 24.3 Å². The molecule has 2 aromatic rings. The molecule has 3 nitrogen and oxygen atoms in total. The zero-order valence-electron chi connectivity index (χ0n) is 14.3. The smallest absolute Gasteiger partial charge is 0.0701 e. The van der Waals surface area contributed by atoms with Crippen LogP contribution in [0.2, 0.25) is 0 Å². The Morgan fingerprint density at radius 3 is 2.33 bits per heavy atom. The van der Waals surface area contributed by atoms with Gasteiger partial charge in [0.15, 0.2) is 0 Å². The summed E-state index contributed by atoms with van der Waals surface area (Å²) < 4.78 is 0. The largest absolute Gasteiger partial charge is 0.393 e. The summed E-state index contributed by atoms with van der Waals surface area (Å²) in [6.07, 6.45) is 6.35. The van der Waals surface area contributed by atoms with Gasteiger partial charge in [-0.2, -0.15) is 0 Å². The lowest BCUT2D eigenvalue weighted by molar-refractivity contribution is 0.158. The van der Waals surface area contributed by atoms with Crippen LogP contribution < -0.4 is 0 Å². The predicted octanol–water partition coefficient (Wildman–Crippen LogP) is 3.73. The molecule has 0 spiro atoms. The second-order valence-electron chi connectivity index (χ2n) is 7.60. The van der Waals surface area contributed by atoms with E-state index in [0.29, 0.717) is 6.04 Å². The van der Waals surface area contributed by atoms with E-state index in [1.54, 1.807) is 0 Å². The fourth-order valence-corrected chi connectivity index (χ4v) is 4.64. The Hall–Kier alpha value is -1.71. The van der Waals surface area contributed by atoms with Gasteiger partial charge in [0.1, 0.15) is 0 Å². The lowest BCUT2D eigenvalue weighted by Gasteiger charge is -2.25. The third-order valence-electron chi connectivity index (χ3n) is 5.94. The van der Waals surface area contributed by atoms with Crippen LogP contribution in [-0.2, 0) is 6.54 Å². The molecule has 4 atom stereocenters. The Balaban J connectivity index is 1.37. The molecule has 2 saturated carbocycles. The molecule has 24 heavy (non-hydrogen) atoms. The maximum Gasteiger partial charge on any atom is 0.0701 e. The molecule has 4 rings (SSSR count). The maximum absolute atomic E-state index is 9.80. The van der Waals surface area contributed by atoms with Crippen LogP contribution in [0.4, 0.5) is 0 Å². The van der Waals surface area contributed by atoms with Crippen molar-refractivity contribution in [1.82, 2.24) is 9.88 Å². The van der Waals surface area contributed by atoms with Crippen molar-refractivity contribution in [2.24, 2.45) is 11.8 Å². The van der Waals surface area contributed by atoms with Crippen LogP contribution >= 0.6 is 0 Å². The highest BCUT2D eigenvalue weighted by Crippen LogP contribution is 2.45. The Morgan fingerprint density at radius 1 is 1.00 bits per heavy atom. The summed E-state index contributed by atoms with van der Waals surface area (Å²) in [6, 6.07) is 15.5. The number of pyridine rings is 1. The van der Waals surface area contributed by atoms with Crippen molar-refractivity contribution in [1.29, 1.82) is 0 Å². The van der Waals surface area contributed by atoms with Crippen LogP contribution in [-0.4, -0.2) is 34.2 Å². The van der Waals surface area contributed by atoms with Gasteiger partial charge in [0.2, 0.25) is 0 Å². The Labute approximate surface area is 144 Å². The van der Waals surface area contributed by atoms with Gasteiger partial charge in [-0.1, -0.05) is 30.3 Å². The summed E-state index contributed by atoms with van der Waals surface area (Å²) in [4.78, 5) is 6.91. The number of aliphatic hydroxyl groups is 1. The number of nitrogens with zero attached hydrogens (tertiary/aromatic N) is 2. The minimum Gasteiger partial charge on any atom is -0.393 e. The topological polar surface area (TPSA) is 36.4 Å². The molecular weight excluding hydrogens is 296 g/mol. The standard InChI is InChI=1S/C21H26N2O/c1-23(19-10-17-12-20(24)13-18(17)11-19)14-15-5-7-16(8-6-15)21-4-2-3-9-22-21/h2-9,17-20,24H,10-14H2,1H3/t17-,18+,19?,20?. The molecule has 0 bridgehead atoms. The molecule has 126 valence electrons. The van der Waals surface area contributed by atoms with Gasteiger partial charge in [-0.25, -0.2) is 0 Å². The quantitative estimate of drug-likeness (QED) is 0.932. The highest BCUT2D eigenvalue weighted by Gasteiger charge is 2.42. The molecule has 1 aromatic carbocycles. The zero-order valence-corrected chi connectivity index (χ0v) is 14.3. The Kier molecular flexibility index (Phi) is 4.38. The first-order valence-electron chi connectivity index (χ1n) is 9.07. The fraction of sp³-hybridized carbons (Fsp3) is 0.476. The summed E-state index contributed by atoms with van der Waals surface area (Å²) in [6.45, 7) is 0.995. The lowest BCUT2D eigenvalue weighted by Crippen LogP contribution is -2.29. The normalized spacial score (nSPS) is 29.1. The van der Waals surface area contributed by atoms with Crippen molar-refractivity contribution in [2.45, 2.75) is 44.4 Å². The van der Waals surface area contributed by atoms with Gasteiger partial charge in [-0.05, 0) is 62.3 Å². The van der Waals surface area contributed by atoms with Gasteiger partial charge < -0.3 is 5.11 Å². The zero-order chi connectivity index (χ0) is 16.5. The molecule has 1 heterocycles. The highest BCUT2D eigenvalue weighted by atomic mass is 16.3. The van der Waals surface area contributed by atoms with E-state index >= 15 is 0 Å². The molecule has 1 N–H and O–H groups in total. The number of aromatic nitrogens is 1. The van der Waals surface area contributed by atoms with Crippen molar-refractivity contribution >= 4 is 0 Å². The van der Waals surface area contributed by atoms with Gasteiger partial charge >= 0.3 is 0 Å². The third kappa shape index (κ3) is 3.24. The van der Waals surface area contributed by atoms with E-state index < -0.39 is 0 Å². The molecule has 2 aliphatic rings. The number of rotatable bonds is 4. The van der Waals surface area contributed by atoms with Crippen LogP contribution in [0.25, 0.3) is 11.3 Å². The number of benzene rings is 1. The van der Waals surface area contributed by atoms with Crippen molar-refractivity contribution in [2.75, 3.05) is 7.05 Å². The molecule has 1 aromatic heterocycles. The molecular formula is C21H26N2O. The fourth-order valence-electron chi connectivity index (χ4n) is 4.64. The van der Waals surface area contributed by atoms with E-state index in [0.717, 1.165) is 36.9 Å². The summed E-state index contributed by atoms with van der Waals surface area (Å²) in [5.74, 6) is 1.50. The van der Waals surface area contributed by atoms with Crippen molar-refractivity contribution in [3.05, 3.63) is 54.2 Å². The number of aliphatic hydroxyl groups excluding tert-OH is 1. The van der Waals surface area contributed by atoms with Gasteiger partial charge in [-0.15, -0.1) is 0 Å². The SMILES string of the molecule is CN(Cc1ccc(-c2ccccn2)cc1)C1C[C@H]2CC(O)C[C@H]2C1. The van der Waals surface area contributed by atoms with E-state index in [1.807, 2.05) is 24.4 Å². The summed E-state index contributed by atoms with van der Waals surface area (Å²) in [5.41, 5.74) is 3.56. The molecule has 2 aliphatic carbocycles. The van der Waals surface area contributed by atoms with Crippen LogP contribution in [0.1, 0.15) is 31.2 Å². The molecule has 2 unspecified atom stereocenters. The van der Waals surface area contributed by atoms with Gasteiger partial charge in [0.25, 0.3) is 0 Å². The number of fused-ring (bicyclic) bond motifs is 1. The average molecular weight is 322 g/mol. The van der Waals surface area contributed by atoms with Crippen LogP contribution in [0.5, 0.6) is 0 Å². The number of hydrogen-bond donors (Lipinski definition) is 1. The third-order valence-corrected chi connectivity index (χ3v) is 5.94. The number of hydrogen-bond acceptors (Lipinski definition) is 3.